The van der Waals surface area contributed by atoms with Crippen molar-refractivity contribution in [2.75, 3.05) is 12.4 Å². The molecule has 8 heteroatoms. The summed E-state index contributed by atoms with van der Waals surface area (Å²) >= 11 is 0. The van der Waals surface area contributed by atoms with Gasteiger partial charge in [-0.1, -0.05) is 12.1 Å². The van der Waals surface area contributed by atoms with E-state index < -0.39 is 11.9 Å². The standard InChI is InChI=1S/C17H13F3N4O/c1-25-15-10-12(5-7-21-15)11-3-2-4-13(9-11)23-16-22-8-6-14(24-16)17(18,19)20/h2-10H,1H3,(H,22,23,24). The van der Waals surface area contributed by atoms with Crippen molar-refractivity contribution in [2.45, 2.75) is 6.18 Å². The molecule has 0 bridgehead atoms. The number of hydrogen-bond acceptors (Lipinski definition) is 5. The number of ether oxygens (including phenoxy) is 1. The van der Waals surface area contributed by atoms with Crippen molar-refractivity contribution >= 4 is 11.6 Å². The van der Waals surface area contributed by atoms with Crippen molar-refractivity contribution in [3.8, 4) is 17.0 Å². The third kappa shape index (κ3) is 4.03. The highest BCUT2D eigenvalue weighted by Gasteiger charge is 2.32. The Morgan fingerprint density at radius 3 is 2.48 bits per heavy atom. The summed E-state index contributed by atoms with van der Waals surface area (Å²) in [7, 11) is 1.52. The summed E-state index contributed by atoms with van der Waals surface area (Å²) in [6.45, 7) is 0. The van der Waals surface area contributed by atoms with Gasteiger partial charge >= 0.3 is 6.18 Å². The molecule has 0 atom stereocenters. The van der Waals surface area contributed by atoms with Gasteiger partial charge in [0.05, 0.1) is 7.11 Å². The van der Waals surface area contributed by atoms with Crippen LogP contribution >= 0.6 is 0 Å². The first-order chi connectivity index (χ1) is 12.0. The zero-order chi connectivity index (χ0) is 17.9. The monoisotopic (exact) mass is 346 g/mol. The Kier molecular flexibility index (Phi) is 4.51. The second-order valence-corrected chi connectivity index (χ2v) is 5.06. The molecule has 25 heavy (non-hydrogen) atoms. The number of alkyl halides is 3. The Hall–Kier alpha value is -3.16. The van der Waals surface area contributed by atoms with Gasteiger partial charge in [0.2, 0.25) is 11.8 Å². The minimum atomic E-state index is -4.52. The average Bonchev–Trinajstić information content (AvgIpc) is 2.61. The SMILES string of the molecule is COc1cc(-c2cccc(Nc3nccc(C(F)(F)F)n3)c2)ccn1. The molecular weight excluding hydrogens is 333 g/mol. The number of rotatable bonds is 4. The van der Waals surface area contributed by atoms with Crippen LogP contribution in [0.15, 0.2) is 54.9 Å². The van der Waals surface area contributed by atoms with E-state index in [1.54, 1.807) is 30.5 Å². The lowest BCUT2D eigenvalue weighted by atomic mass is 10.1. The van der Waals surface area contributed by atoms with Gasteiger partial charge in [0.15, 0.2) is 0 Å². The van der Waals surface area contributed by atoms with Gasteiger partial charge in [-0.05, 0) is 35.4 Å². The molecule has 0 aliphatic carbocycles. The van der Waals surface area contributed by atoms with Crippen molar-refractivity contribution in [1.29, 1.82) is 0 Å². The lowest BCUT2D eigenvalue weighted by Gasteiger charge is -2.10. The van der Waals surface area contributed by atoms with Gasteiger partial charge in [-0.15, -0.1) is 0 Å². The molecule has 2 heterocycles. The number of hydrogen-bond donors (Lipinski definition) is 1. The van der Waals surface area contributed by atoms with Crippen LogP contribution in [0.5, 0.6) is 5.88 Å². The molecule has 2 aromatic heterocycles. The summed E-state index contributed by atoms with van der Waals surface area (Å²) in [5.41, 5.74) is 1.27. The molecule has 0 aliphatic heterocycles. The van der Waals surface area contributed by atoms with E-state index in [0.29, 0.717) is 11.6 Å². The minimum Gasteiger partial charge on any atom is -0.481 e. The second kappa shape index (κ2) is 6.76. The van der Waals surface area contributed by atoms with Crippen LogP contribution in [-0.2, 0) is 6.18 Å². The number of benzene rings is 1. The predicted molar refractivity (Wildman–Crippen MR) is 86.5 cm³/mol. The number of anilines is 2. The van der Waals surface area contributed by atoms with E-state index in [-0.39, 0.29) is 5.95 Å². The van der Waals surface area contributed by atoms with Gasteiger partial charge in [-0.25, -0.2) is 15.0 Å². The molecule has 1 aromatic carbocycles. The Labute approximate surface area is 141 Å². The number of halogens is 3. The van der Waals surface area contributed by atoms with E-state index >= 15 is 0 Å². The normalized spacial score (nSPS) is 11.2. The van der Waals surface area contributed by atoms with Crippen LogP contribution in [0, 0.1) is 0 Å². The van der Waals surface area contributed by atoms with E-state index in [2.05, 4.69) is 20.3 Å². The fraction of sp³-hybridized carbons (Fsp3) is 0.118. The van der Waals surface area contributed by atoms with E-state index in [1.165, 1.54) is 7.11 Å². The first-order valence-corrected chi connectivity index (χ1v) is 7.23. The van der Waals surface area contributed by atoms with Gasteiger partial charge in [-0.3, -0.25) is 0 Å². The number of methoxy groups -OCH3 is 1. The summed E-state index contributed by atoms with van der Waals surface area (Å²) in [5, 5.41) is 2.79. The first-order valence-electron chi connectivity index (χ1n) is 7.23. The van der Waals surface area contributed by atoms with Crippen LogP contribution in [-0.4, -0.2) is 22.1 Å². The van der Waals surface area contributed by atoms with Crippen molar-refractivity contribution in [2.24, 2.45) is 0 Å². The smallest absolute Gasteiger partial charge is 0.433 e. The molecule has 0 saturated heterocycles. The molecule has 3 aromatic rings. The summed E-state index contributed by atoms with van der Waals surface area (Å²) in [4.78, 5) is 11.4. The maximum Gasteiger partial charge on any atom is 0.433 e. The number of nitrogens with one attached hydrogen (secondary N) is 1. The Bertz CT molecular complexity index is 884. The summed E-state index contributed by atoms with van der Waals surface area (Å²) in [6, 6.07) is 11.5. The third-order valence-corrected chi connectivity index (χ3v) is 3.34. The fourth-order valence-electron chi connectivity index (χ4n) is 2.18. The predicted octanol–water partition coefficient (Wildman–Crippen LogP) is 4.31. The molecule has 5 nitrogen and oxygen atoms in total. The number of pyridine rings is 1. The topological polar surface area (TPSA) is 59.9 Å². The lowest BCUT2D eigenvalue weighted by Crippen LogP contribution is -2.10. The molecule has 0 aliphatic rings. The molecule has 0 spiro atoms. The zero-order valence-corrected chi connectivity index (χ0v) is 13.1. The highest BCUT2D eigenvalue weighted by Crippen LogP contribution is 2.29. The van der Waals surface area contributed by atoms with Crippen LogP contribution in [0.25, 0.3) is 11.1 Å². The average molecular weight is 346 g/mol. The highest BCUT2D eigenvalue weighted by molar-refractivity contribution is 5.70. The summed E-state index contributed by atoms with van der Waals surface area (Å²) in [6.07, 6.45) is -1.84. The Morgan fingerprint density at radius 1 is 0.960 bits per heavy atom. The van der Waals surface area contributed by atoms with E-state index in [9.17, 15) is 13.2 Å². The molecule has 128 valence electrons. The molecule has 3 rings (SSSR count). The largest absolute Gasteiger partial charge is 0.481 e. The molecule has 0 radical (unpaired) electrons. The van der Waals surface area contributed by atoms with Crippen LogP contribution in [0.3, 0.4) is 0 Å². The Morgan fingerprint density at radius 2 is 1.72 bits per heavy atom. The summed E-state index contributed by atoms with van der Waals surface area (Å²) < 4.78 is 43.3. The molecule has 0 fully saturated rings. The maximum absolute atomic E-state index is 12.7. The fourth-order valence-corrected chi connectivity index (χ4v) is 2.18. The van der Waals surface area contributed by atoms with Crippen molar-refractivity contribution in [1.82, 2.24) is 15.0 Å². The molecule has 0 unspecified atom stereocenters. The van der Waals surface area contributed by atoms with Gasteiger partial charge < -0.3 is 10.1 Å². The lowest BCUT2D eigenvalue weighted by molar-refractivity contribution is -0.141. The van der Waals surface area contributed by atoms with Crippen LogP contribution < -0.4 is 10.1 Å². The van der Waals surface area contributed by atoms with Crippen LogP contribution in [0.4, 0.5) is 24.8 Å². The van der Waals surface area contributed by atoms with Gasteiger partial charge in [-0.2, -0.15) is 13.2 Å². The van der Waals surface area contributed by atoms with E-state index in [1.807, 2.05) is 12.1 Å². The first kappa shape index (κ1) is 16.7. The molecular formula is C17H13F3N4O. The quantitative estimate of drug-likeness (QED) is 0.763. The number of nitrogens with zero attached hydrogens (tertiary/aromatic N) is 3. The molecule has 0 amide bonds. The van der Waals surface area contributed by atoms with E-state index in [4.69, 9.17) is 4.74 Å². The van der Waals surface area contributed by atoms with Gasteiger partial charge in [0, 0.05) is 24.1 Å². The maximum atomic E-state index is 12.7. The van der Waals surface area contributed by atoms with Crippen LogP contribution in [0.1, 0.15) is 5.69 Å². The third-order valence-electron chi connectivity index (χ3n) is 3.34. The van der Waals surface area contributed by atoms with Crippen molar-refractivity contribution in [3.05, 3.63) is 60.6 Å². The van der Waals surface area contributed by atoms with Gasteiger partial charge in [0.25, 0.3) is 0 Å². The summed E-state index contributed by atoms with van der Waals surface area (Å²) in [5.74, 6) is 0.344. The Balaban J connectivity index is 1.87. The van der Waals surface area contributed by atoms with E-state index in [0.717, 1.165) is 23.4 Å². The van der Waals surface area contributed by atoms with Crippen LogP contribution in [0.2, 0.25) is 0 Å². The molecule has 1 N–H and O–H groups in total. The number of aromatic nitrogens is 3. The second-order valence-electron chi connectivity index (χ2n) is 5.06. The molecule has 0 saturated carbocycles. The zero-order valence-electron chi connectivity index (χ0n) is 13.1. The van der Waals surface area contributed by atoms with Gasteiger partial charge in [0.1, 0.15) is 5.69 Å². The minimum absolute atomic E-state index is 0.126. The highest BCUT2D eigenvalue weighted by atomic mass is 19.4. The van der Waals surface area contributed by atoms with Crippen molar-refractivity contribution in [3.63, 3.8) is 0 Å². The van der Waals surface area contributed by atoms with Crippen molar-refractivity contribution < 1.29 is 17.9 Å².